The molecule has 2 aromatic carbocycles. The van der Waals surface area contributed by atoms with Crippen LogP contribution in [0.25, 0.3) is 0 Å². The standard InChI is InChI=1S/C22H27Cl2N3O3S/c1-17-5-6-19(24)16-21(17)25-12-14-26(15-13-25)22(28)4-3-11-27(31(2,29)30)20-9-7-18(23)8-10-20/h5-10,16H,3-4,11-15H2,1-2H3. The molecule has 1 saturated heterocycles. The summed E-state index contributed by atoms with van der Waals surface area (Å²) in [7, 11) is -3.45. The van der Waals surface area contributed by atoms with Gasteiger partial charge in [-0.25, -0.2) is 8.42 Å². The quantitative estimate of drug-likeness (QED) is 0.591. The first-order valence-corrected chi connectivity index (χ1v) is 12.8. The fraction of sp³-hybridized carbons (Fsp3) is 0.409. The average Bonchev–Trinajstić information content (AvgIpc) is 2.73. The van der Waals surface area contributed by atoms with Gasteiger partial charge in [-0.05, 0) is 55.3 Å². The van der Waals surface area contributed by atoms with Crippen LogP contribution in [-0.4, -0.2) is 58.2 Å². The summed E-state index contributed by atoms with van der Waals surface area (Å²) in [5.74, 6) is 0.0482. The van der Waals surface area contributed by atoms with Crippen LogP contribution in [0.3, 0.4) is 0 Å². The minimum absolute atomic E-state index is 0.0482. The molecule has 2 aromatic rings. The highest BCUT2D eigenvalue weighted by molar-refractivity contribution is 7.92. The molecule has 1 aliphatic heterocycles. The Kier molecular flexibility index (Phi) is 7.73. The molecule has 1 fully saturated rings. The number of rotatable bonds is 7. The van der Waals surface area contributed by atoms with Crippen LogP contribution in [-0.2, 0) is 14.8 Å². The predicted molar refractivity (Wildman–Crippen MR) is 128 cm³/mol. The SMILES string of the molecule is Cc1ccc(Cl)cc1N1CCN(C(=O)CCCN(c2ccc(Cl)cc2)S(C)(=O)=O)CC1. The molecule has 0 bridgehead atoms. The maximum absolute atomic E-state index is 12.7. The molecule has 0 saturated carbocycles. The fourth-order valence-corrected chi connectivity index (χ4v) is 5.00. The second kappa shape index (κ2) is 10.1. The second-order valence-corrected chi connectivity index (χ2v) is 10.5. The van der Waals surface area contributed by atoms with Gasteiger partial charge in [0.2, 0.25) is 15.9 Å². The van der Waals surface area contributed by atoms with Crippen molar-refractivity contribution in [1.29, 1.82) is 0 Å². The third kappa shape index (κ3) is 6.28. The van der Waals surface area contributed by atoms with Gasteiger partial charge >= 0.3 is 0 Å². The number of carbonyl (C=O) groups excluding carboxylic acids is 1. The highest BCUT2D eigenvalue weighted by Crippen LogP contribution is 2.26. The van der Waals surface area contributed by atoms with E-state index in [1.165, 1.54) is 10.6 Å². The summed E-state index contributed by atoms with van der Waals surface area (Å²) in [4.78, 5) is 16.8. The van der Waals surface area contributed by atoms with Crippen molar-refractivity contribution in [2.24, 2.45) is 0 Å². The van der Waals surface area contributed by atoms with E-state index in [0.29, 0.717) is 41.7 Å². The molecule has 0 spiro atoms. The lowest BCUT2D eigenvalue weighted by molar-refractivity contribution is -0.131. The lowest BCUT2D eigenvalue weighted by Gasteiger charge is -2.37. The second-order valence-electron chi connectivity index (χ2n) is 7.71. The Hall–Kier alpha value is -1.96. The van der Waals surface area contributed by atoms with Gasteiger partial charge in [0, 0.05) is 54.9 Å². The maximum Gasteiger partial charge on any atom is 0.232 e. The summed E-state index contributed by atoms with van der Waals surface area (Å²) in [6.45, 7) is 5.06. The van der Waals surface area contributed by atoms with Crippen molar-refractivity contribution in [3.8, 4) is 0 Å². The molecule has 1 aliphatic rings. The number of halogens is 2. The number of hydrogen-bond acceptors (Lipinski definition) is 4. The number of anilines is 2. The molecule has 31 heavy (non-hydrogen) atoms. The van der Waals surface area contributed by atoms with Gasteiger partial charge in [0.1, 0.15) is 0 Å². The Bertz CT molecular complexity index is 1020. The van der Waals surface area contributed by atoms with Gasteiger partial charge in [-0.1, -0.05) is 29.3 Å². The third-order valence-electron chi connectivity index (χ3n) is 5.41. The highest BCUT2D eigenvalue weighted by atomic mass is 35.5. The monoisotopic (exact) mass is 483 g/mol. The van der Waals surface area contributed by atoms with Gasteiger partial charge in [-0.15, -0.1) is 0 Å². The molecule has 3 rings (SSSR count). The molecule has 0 aromatic heterocycles. The smallest absolute Gasteiger partial charge is 0.232 e. The van der Waals surface area contributed by atoms with Gasteiger partial charge in [0.15, 0.2) is 0 Å². The molecule has 9 heteroatoms. The summed E-state index contributed by atoms with van der Waals surface area (Å²) in [6, 6.07) is 12.5. The molecule has 6 nitrogen and oxygen atoms in total. The Morgan fingerprint density at radius 2 is 1.61 bits per heavy atom. The van der Waals surface area contributed by atoms with Crippen molar-refractivity contribution in [2.45, 2.75) is 19.8 Å². The van der Waals surface area contributed by atoms with E-state index in [1.807, 2.05) is 23.1 Å². The van der Waals surface area contributed by atoms with Gasteiger partial charge in [-0.3, -0.25) is 9.10 Å². The maximum atomic E-state index is 12.7. The zero-order valence-corrected chi connectivity index (χ0v) is 20.1. The van der Waals surface area contributed by atoms with E-state index in [9.17, 15) is 13.2 Å². The number of hydrogen-bond donors (Lipinski definition) is 0. The number of piperazine rings is 1. The first-order chi connectivity index (χ1) is 14.6. The summed E-state index contributed by atoms with van der Waals surface area (Å²) in [5.41, 5.74) is 2.81. The van der Waals surface area contributed by atoms with Crippen LogP contribution in [0.5, 0.6) is 0 Å². The van der Waals surface area contributed by atoms with E-state index in [1.54, 1.807) is 24.3 Å². The molecule has 1 amide bonds. The van der Waals surface area contributed by atoms with Gasteiger partial charge in [0.05, 0.1) is 11.9 Å². The summed E-state index contributed by atoms with van der Waals surface area (Å²) in [5, 5.41) is 1.25. The normalized spacial score (nSPS) is 14.6. The lowest BCUT2D eigenvalue weighted by Crippen LogP contribution is -2.49. The van der Waals surface area contributed by atoms with Crippen molar-refractivity contribution in [2.75, 3.05) is 48.2 Å². The van der Waals surface area contributed by atoms with Crippen LogP contribution in [0.2, 0.25) is 10.0 Å². The molecule has 0 aliphatic carbocycles. The average molecular weight is 484 g/mol. The molecule has 168 valence electrons. The number of carbonyl (C=O) groups is 1. The minimum atomic E-state index is -3.45. The van der Waals surface area contributed by atoms with E-state index in [0.717, 1.165) is 24.3 Å². The molecule has 0 unspecified atom stereocenters. The van der Waals surface area contributed by atoms with Crippen LogP contribution in [0.1, 0.15) is 18.4 Å². The first-order valence-electron chi connectivity index (χ1n) is 10.2. The van der Waals surface area contributed by atoms with Gasteiger partial charge in [-0.2, -0.15) is 0 Å². The Morgan fingerprint density at radius 3 is 2.23 bits per heavy atom. The molecule has 0 atom stereocenters. The van der Waals surface area contributed by atoms with Crippen LogP contribution in [0.4, 0.5) is 11.4 Å². The third-order valence-corrected chi connectivity index (χ3v) is 7.09. The summed E-state index contributed by atoms with van der Waals surface area (Å²) >= 11 is 12.0. The van der Waals surface area contributed by atoms with E-state index in [-0.39, 0.29) is 12.5 Å². The number of aryl methyl sites for hydroxylation is 1. The van der Waals surface area contributed by atoms with Crippen molar-refractivity contribution >= 4 is 50.5 Å². The Balaban J connectivity index is 1.53. The van der Waals surface area contributed by atoms with E-state index in [4.69, 9.17) is 23.2 Å². The van der Waals surface area contributed by atoms with Gasteiger partial charge in [0.25, 0.3) is 0 Å². The molecule has 1 heterocycles. The largest absolute Gasteiger partial charge is 0.368 e. The van der Waals surface area contributed by atoms with Crippen LogP contribution < -0.4 is 9.21 Å². The Labute approximate surface area is 194 Å². The summed E-state index contributed by atoms with van der Waals surface area (Å²) in [6.07, 6.45) is 1.92. The zero-order valence-electron chi connectivity index (χ0n) is 17.7. The van der Waals surface area contributed by atoms with E-state index >= 15 is 0 Å². The Morgan fingerprint density at radius 1 is 1.00 bits per heavy atom. The van der Waals surface area contributed by atoms with Crippen molar-refractivity contribution < 1.29 is 13.2 Å². The molecule has 0 radical (unpaired) electrons. The first kappa shape index (κ1) is 23.7. The van der Waals surface area contributed by atoms with Gasteiger partial charge < -0.3 is 9.80 Å². The molecule has 0 N–H and O–H groups in total. The van der Waals surface area contributed by atoms with Crippen molar-refractivity contribution in [1.82, 2.24) is 4.90 Å². The fourth-order valence-electron chi connectivity index (χ4n) is 3.75. The topological polar surface area (TPSA) is 60.9 Å². The number of amides is 1. The van der Waals surface area contributed by atoms with Crippen molar-refractivity contribution in [3.05, 3.63) is 58.1 Å². The number of nitrogens with zero attached hydrogens (tertiary/aromatic N) is 3. The summed E-state index contributed by atoms with van der Waals surface area (Å²) < 4.78 is 25.7. The minimum Gasteiger partial charge on any atom is -0.368 e. The highest BCUT2D eigenvalue weighted by Gasteiger charge is 2.23. The number of benzene rings is 2. The lowest BCUT2D eigenvalue weighted by atomic mass is 10.1. The zero-order chi connectivity index (χ0) is 22.6. The number of sulfonamides is 1. The van der Waals surface area contributed by atoms with Crippen LogP contribution in [0.15, 0.2) is 42.5 Å². The van der Waals surface area contributed by atoms with Crippen LogP contribution >= 0.6 is 23.2 Å². The van der Waals surface area contributed by atoms with Crippen LogP contribution in [0, 0.1) is 6.92 Å². The predicted octanol–water partition coefficient (Wildman–Crippen LogP) is 4.20. The molecular formula is C22H27Cl2N3O3S. The van der Waals surface area contributed by atoms with E-state index in [2.05, 4.69) is 11.8 Å². The van der Waals surface area contributed by atoms with Crippen molar-refractivity contribution in [3.63, 3.8) is 0 Å². The molecular weight excluding hydrogens is 457 g/mol. The van der Waals surface area contributed by atoms with E-state index < -0.39 is 10.0 Å².